The highest BCUT2D eigenvalue weighted by molar-refractivity contribution is 5.70. The Morgan fingerprint density at radius 3 is 2.50 bits per heavy atom. The van der Waals surface area contributed by atoms with Crippen LogP contribution in [0.3, 0.4) is 0 Å². The number of aromatic nitrogens is 3. The minimum Gasteiger partial charge on any atom is -0.445 e. The molecule has 3 rings (SSSR count). The van der Waals surface area contributed by atoms with Gasteiger partial charge in [-0.25, -0.2) is 14.6 Å². The van der Waals surface area contributed by atoms with Gasteiger partial charge < -0.3 is 20.1 Å². The van der Waals surface area contributed by atoms with E-state index in [4.69, 9.17) is 9.47 Å². The molecule has 2 amide bonds. The van der Waals surface area contributed by atoms with E-state index in [1.165, 1.54) is 6.33 Å². The number of benzene rings is 1. The predicted molar refractivity (Wildman–Crippen MR) is 110 cm³/mol. The molecule has 30 heavy (non-hydrogen) atoms. The van der Waals surface area contributed by atoms with E-state index in [2.05, 4.69) is 25.8 Å². The number of carbonyl (C=O) groups excluding carboxylic acids is 2. The first-order valence-corrected chi connectivity index (χ1v) is 10.1. The van der Waals surface area contributed by atoms with E-state index in [1.807, 2.05) is 30.3 Å². The van der Waals surface area contributed by atoms with E-state index >= 15 is 0 Å². The van der Waals surface area contributed by atoms with Gasteiger partial charge >= 0.3 is 12.2 Å². The molecule has 9 heteroatoms. The molecule has 0 aliphatic heterocycles. The lowest BCUT2D eigenvalue weighted by Crippen LogP contribution is -2.55. The van der Waals surface area contributed by atoms with E-state index in [0.717, 1.165) is 17.8 Å². The molecule has 1 aliphatic carbocycles. The molecule has 1 aromatic heterocycles. The minimum absolute atomic E-state index is 0.103. The van der Waals surface area contributed by atoms with Crippen molar-refractivity contribution in [3.8, 4) is 0 Å². The molecule has 1 aromatic carbocycles. The first-order chi connectivity index (χ1) is 14.3. The summed E-state index contributed by atoms with van der Waals surface area (Å²) in [5.74, 6) is 0.877. The highest BCUT2D eigenvalue weighted by Gasteiger charge is 2.35. The van der Waals surface area contributed by atoms with Crippen molar-refractivity contribution in [3.05, 3.63) is 48.0 Å². The van der Waals surface area contributed by atoms with Gasteiger partial charge in [0.05, 0.1) is 12.1 Å². The first-order valence-electron chi connectivity index (χ1n) is 10.1. The molecular weight excluding hydrogens is 386 g/mol. The third-order valence-corrected chi connectivity index (χ3v) is 4.89. The van der Waals surface area contributed by atoms with Crippen molar-refractivity contribution in [2.24, 2.45) is 0 Å². The molecule has 9 nitrogen and oxygen atoms in total. The molecule has 1 saturated carbocycles. The van der Waals surface area contributed by atoms with E-state index in [1.54, 1.807) is 20.8 Å². The van der Waals surface area contributed by atoms with Gasteiger partial charge in [0.1, 0.15) is 24.4 Å². The highest BCUT2D eigenvalue weighted by Crippen LogP contribution is 2.31. The zero-order chi connectivity index (χ0) is 21.6. The number of hydrogen-bond donors (Lipinski definition) is 3. The molecule has 162 valence electrons. The van der Waals surface area contributed by atoms with E-state index in [9.17, 15) is 9.59 Å². The van der Waals surface area contributed by atoms with Crippen LogP contribution < -0.4 is 10.6 Å². The fourth-order valence-electron chi connectivity index (χ4n) is 3.54. The zero-order valence-corrected chi connectivity index (χ0v) is 17.6. The summed E-state index contributed by atoms with van der Waals surface area (Å²) in [6.45, 7) is 5.61. The van der Waals surface area contributed by atoms with Crippen molar-refractivity contribution in [3.63, 3.8) is 0 Å². The van der Waals surface area contributed by atoms with Crippen molar-refractivity contribution in [1.82, 2.24) is 25.8 Å². The Bertz CT molecular complexity index is 820. The van der Waals surface area contributed by atoms with Crippen LogP contribution in [-0.2, 0) is 16.1 Å². The highest BCUT2D eigenvalue weighted by atomic mass is 16.6. The number of ether oxygens (including phenoxy) is 2. The first kappa shape index (κ1) is 21.6. The van der Waals surface area contributed by atoms with Gasteiger partial charge in [0.25, 0.3) is 0 Å². The van der Waals surface area contributed by atoms with Crippen molar-refractivity contribution >= 4 is 12.2 Å². The molecular formula is C21H29N5O4. The average molecular weight is 415 g/mol. The van der Waals surface area contributed by atoms with Crippen LogP contribution in [-0.4, -0.2) is 45.1 Å². The number of nitrogens with zero attached hydrogens (tertiary/aromatic N) is 2. The summed E-state index contributed by atoms with van der Waals surface area (Å²) in [5.41, 5.74) is 0.297. The summed E-state index contributed by atoms with van der Waals surface area (Å²) in [6, 6.07) is 8.87. The molecule has 0 saturated heterocycles. The topological polar surface area (TPSA) is 118 Å². The summed E-state index contributed by atoms with van der Waals surface area (Å²) in [7, 11) is 0. The maximum atomic E-state index is 12.3. The van der Waals surface area contributed by atoms with Crippen LogP contribution in [0.4, 0.5) is 9.59 Å². The largest absolute Gasteiger partial charge is 0.445 e. The Kier molecular flexibility index (Phi) is 6.91. The van der Waals surface area contributed by atoms with Crippen LogP contribution in [0, 0.1) is 0 Å². The molecule has 2 aromatic rings. The van der Waals surface area contributed by atoms with Crippen molar-refractivity contribution < 1.29 is 19.1 Å². The zero-order valence-electron chi connectivity index (χ0n) is 17.6. The Morgan fingerprint density at radius 1 is 1.10 bits per heavy atom. The second kappa shape index (κ2) is 9.60. The van der Waals surface area contributed by atoms with E-state index in [0.29, 0.717) is 12.8 Å². The van der Waals surface area contributed by atoms with E-state index in [-0.39, 0.29) is 24.6 Å². The lowest BCUT2D eigenvalue weighted by Gasteiger charge is -2.36. The fourth-order valence-corrected chi connectivity index (χ4v) is 3.54. The molecule has 1 aliphatic rings. The van der Waals surface area contributed by atoms with Crippen LogP contribution in [0.25, 0.3) is 0 Å². The number of carbonyl (C=O) groups is 2. The lowest BCUT2D eigenvalue weighted by molar-refractivity contribution is 0.0470. The van der Waals surface area contributed by atoms with Crippen LogP contribution in [0.5, 0.6) is 0 Å². The monoisotopic (exact) mass is 415 g/mol. The Labute approximate surface area is 175 Å². The van der Waals surface area contributed by atoms with Gasteiger partial charge in [-0.2, -0.15) is 5.10 Å². The van der Waals surface area contributed by atoms with Crippen LogP contribution >= 0.6 is 0 Å². The summed E-state index contributed by atoms with van der Waals surface area (Å²) < 4.78 is 10.7. The lowest BCUT2D eigenvalue weighted by atomic mass is 9.82. The summed E-state index contributed by atoms with van der Waals surface area (Å²) in [5, 5.41) is 12.6. The number of aromatic amines is 1. The van der Waals surface area contributed by atoms with Gasteiger partial charge in [-0.05, 0) is 45.6 Å². The van der Waals surface area contributed by atoms with Gasteiger partial charge in [-0.1, -0.05) is 30.3 Å². The minimum atomic E-state index is -0.610. The van der Waals surface area contributed by atoms with Crippen LogP contribution in [0.2, 0.25) is 0 Å². The fraction of sp³-hybridized carbons (Fsp3) is 0.524. The van der Waals surface area contributed by atoms with Gasteiger partial charge in [-0.3, -0.25) is 5.10 Å². The molecule has 3 atom stereocenters. The molecule has 0 spiro atoms. The Hall–Kier alpha value is -3.10. The molecule has 3 unspecified atom stereocenters. The summed E-state index contributed by atoms with van der Waals surface area (Å²) in [6.07, 6.45) is 2.49. The smallest absolute Gasteiger partial charge is 0.407 e. The van der Waals surface area contributed by atoms with Gasteiger partial charge in [0.2, 0.25) is 0 Å². The second-order valence-corrected chi connectivity index (χ2v) is 8.45. The van der Waals surface area contributed by atoms with Crippen LogP contribution in [0.1, 0.15) is 57.3 Å². The van der Waals surface area contributed by atoms with Gasteiger partial charge in [-0.15, -0.1) is 0 Å². The molecule has 1 heterocycles. The second-order valence-electron chi connectivity index (χ2n) is 8.45. The number of alkyl carbamates (subject to hydrolysis) is 2. The number of hydrogen-bond acceptors (Lipinski definition) is 6. The number of nitrogens with one attached hydrogen (secondary N) is 3. The normalized spacial score (nSPS) is 21.5. The van der Waals surface area contributed by atoms with Gasteiger partial charge in [0, 0.05) is 5.92 Å². The number of H-pyrrole nitrogens is 1. The third-order valence-electron chi connectivity index (χ3n) is 4.89. The maximum absolute atomic E-state index is 12.3. The quantitative estimate of drug-likeness (QED) is 0.690. The maximum Gasteiger partial charge on any atom is 0.407 e. The predicted octanol–water partition coefficient (Wildman–Crippen LogP) is 3.26. The number of rotatable bonds is 5. The van der Waals surface area contributed by atoms with Crippen molar-refractivity contribution in [1.29, 1.82) is 0 Å². The standard InChI is InChI=1S/C21H29N5O4/c1-21(2,3)30-20(28)25-17-11-15(18-22-13-23-26-18)9-10-16(17)24-19(27)29-12-14-7-5-4-6-8-14/h4-8,13,15-17H,9-12H2,1-3H3,(H,24,27)(H,25,28)(H,22,23,26). The molecule has 1 fully saturated rings. The van der Waals surface area contributed by atoms with Crippen molar-refractivity contribution in [2.45, 2.75) is 70.2 Å². The molecule has 0 radical (unpaired) electrons. The third kappa shape index (κ3) is 6.47. The van der Waals surface area contributed by atoms with Gasteiger partial charge in [0.15, 0.2) is 0 Å². The Morgan fingerprint density at radius 2 is 1.83 bits per heavy atom. The van der Waals surface area contributed by atoms with E-state index < -0.39 is 17.8 Å². The van der Waals surface area contributed by atoms with Crippen molar-refractivity contribution in [2.75, 3.05) is 0 Å². The van der Waals surface area contributed by atoms with Crippen LogP contribution in [0.15, 0.2) is 36.7 Å². The number of amides is 2. The SMILES string of the molecule is CC(C)(C)OC(=O)NC1CC(c2ncn[nH]2)CCC1NC(=O)OCc1ccccc1. The summed E-state index contributed by atoms with van der Waals surface area (Å²) in [4.78, 5) is 28.9. The molecule has 3 N–H and O–H groups in total. The Balaban J connectivity index is 1.61. The molecule has 0 bridgehead atoms. The average Bonchev–Trinajstić information content (AvgIpc) is 3.22. The summed E-state index contributed by atoms with van der Waals surface area (Å²) >= 11 is 0.